The number of sulfonamides is 1. The Kier molecular flexibility index (Phi) is 7.11. The minimum absolute atomic E-state index is 0.0158. The third-order valence-corrected chi connectivity index (χ3v) is 5.43. The highest BCUT2D eigenvalue weighted by Crippen LogP contribution is 2.33. The van der Waals surface area contributed by atoms with Gasteiger partial charge >= 0.3 is 0 Å². The maximum Gasteiger partial charge on any atom is 0.260 e. The molecule has 11 heteroatoms. The molecule has 8 nitrogen and oxygen atoms in total. The molecule has 0 aliphatic carbocycles. The summed E-state index contributed by atoms with van der Waals surface area (Å²) in [7, 11) is -2.41. The molecule has 0 aliphatic rings. The predicted molar refractivity (Wildman–Crippen MR) is 109 cm³/mol. The lowest BCUT2D eigenvalue weighted by Crippen LogP contribution is -2.39. The predicted octanol–water partition coefficient (Wildman–Crippen LogP) is 2.62. The van der Waals surface area contributed by atoms with Crippen molar-refractivity contribution in [2.24, 2.45) is 5.10 Å². The molecule has 1 amide bonds. The highest BCUT2D eigenvalue weighted by atomic mass is 35.5. The first-order valence-corrected chi connectivity index (χ1v) is 10.3. The average Bonchev–Trinajstić information content (AvgIpc) is 2.63. The number of rotatable bonds is 7. The number of phenolic OH excluding ortho intramolecular Hbond substituents is 1. The summed E-state index contributed by atoms with van der Waals surface area (Å²) in [6.07, 6.45) is 2.26. The Labute approximate surface area is 172 Å². The summed E-state index contributed by atoms with van der Waals surface area (Å²) in [5, 5.41) is 13.5. The number of halogens is 2. The number of carbonyl (C=O) groups excluding carboxylic acids is 1. The Morgan fingerprint density at radius 3 is 2.68 bits per heavy atom. The van der Waals surface area contributed by atoms with E-state index < -0.39 is 22.5 Å². The van der Waals surface area contributed by atoms with Crippen LogP contribution in [0.4, 0.5) is 5.69 Å². The number of amides is 1. The van der Waals surface area contributed by atoms with Crippen LogP contribution in [0.2, 0.25) is 10.0 Å². The van der Waals surface area contributed by atoms with Crippen molar-refractivity contribution < 1.29 is 23.1 Å². The molecule has 0 radical (unpaired) electrons. The van der Waals surface area contributed by atoms with Crippen molar-refractivity contribution in [3.8, 4) is 11.5 Å². The number of aromatic hydroxyl groups is 1. The van der Waals surface area contributed by atoms with Gasteiger partial charge in [0.05, 0.1) is 35.3 Å². The molecule has 0 spiro atoms. The monoisotopic (exact) mass is 445 g/mol. The van der Waals surface area contributed by atoms with Crippen molar-refractivity contribution in [2.75, 3.05) is 24.2 Å². The van der Waals surface area contributed by atoms with Gasteiger partial charge in [-0.05, 0) is 35.9 Å². The second-order valence-electron chi connectivity index (χ2n) is 5.57. The van der Waals surface area contributed by atoms with Crippen LogP contribution in [0.3, 0.4) is 0 Å². The fourth-order valence-electron chi connectivity index (χ4n) is 2.19. The zero-order valence-electron chi connectivity index (χ0n) is 14.9. The molecule has 28 heavy (non-hydrogen) atoms. The summed E-state index contributed by atoms with van der Waals surface area (Å²) in [6, 6.07) is 8.95. The molecule has 2 rings (SSSR count). The number of nitrogens with one attached hydrogen (secondary N) is 1. The van der Waals surface area contributed by atoms with E-state index >= 15 is 0 Å². The third kappa shape index (κ3) is 5.51. The number of hydrogen-bond donors (Lipinski definition) is 2. The van der Waals surface area contributed by atoms with E-state index in [2.05, 4.69) is 10.5 Å². The number of benzene rings is 2. The molecule has 0 saturated heterocycles. The van der Waals surface area contributed by atoms with Crippen molar-refractivity contribution in [1.29, 1.82) is 0 Å². The van der Waals surface area contributed by atoms with Crippen molar-refractivity contribution >= 4 is 51.0 Å². The molecule has 2 aromatic carbocycles. The van der Waals surface area contributed by atoms with Gasteiger partial charge in [-0.1, -0.05) is 29.3 Å². The molecule has 2 N–H and O–H groups in total. The van der Waals surface area contributed by atoms with Crippen molar-refractivity contribution in [2.45, 2.75) is 0 Å². The van der Waals surface area contributed by atoms with Crippen molar-refractivity contribution in [3.63, 3.8) is 0 Å². The van der Waals surface area contributed by atoms with Gasteiger partial charge in [-0.15, -0.1) is 0 Å². The van der Waals surface area contributed by atoms with E-state index in [9.17, 15) is 18.3 Å². The Hall–Kier alpha value is -2.49. The summed E-state index contributed by atoms with van der Waals surface area (Å²) >= 11 is 12.0. The molecule has 0 atom stereocenters. The van der Waals surface area contributed by atoms with Crippen LogP contribution in [-0.2, 0) is 14.8 Å². The minimum atomic E-state index is -3.81. The van der Waals surface area contributed by atoms with Crippen molar-refractivity contribution in [1.82, 2.24) is 5.43 Å². The molecular weight excluding hydrogens is 429 g/mol. The van der Waals surface area contributed by atoms with Gasteiger partial charge < -0.3 is 9.84 Å². The first kappa shape index (κ1) is 21.8. The number of anilines is 1. The first-order chi connectivity index (χ1) is 13.1. The molecular formula is C17H17Cl2N3O5S. The van der Waals surface area contributed by atoms with Gasteiger partial charge in [0.15, 0.2) is 11.5 Å². The molecule has 0 aromatic heterocycles. The topological polar surface area (TPSA) is 108 Å². The van der Waals surface area contributed by atoms with Gasteiger partial charge in [-0.2, -0.15) is 5.10 Å². The maximum atomic E-state index is 12.2. The van der Waals surface area contributed by atoms with Gasteiger partial charge in [0, 0.05) is 0 Å². The van der Waals surface area contributed by atoms with Crippen LogP contribution >= 0.6 is 23.2 Å². The van der Waals surface area contributed by atoms with Gasteiger partial charge in [0.25, 0.3) is 5.91 Å². The van der Waals surface area contributed by atoms with E-state index in [-0.39, 0.29) is 27.2 Å². The van der Waals surface area contributed by atoms with E-state index in [1.54, 1.807) is 6.07 Å². The molecule has 2 aromatic rings. The summed E-state index contributed by atoms with van der Waals surface area (Å²) < 4.78 is 30.0. The first-order valence-electron chi connectivity index (χ1n) is 7.74. The molecule has 0 heterocycles. The second kappa shape index (κ2) is 9.13. The highest BCUT2D eigenvalue weighted by Gasteiger charge is 2.23. The number of methoxy groups -OCH3 is 1. The lowest BCUT2D eigenvalue weighted by Gasteiger charge is -2.22. The third-order valence-electron chi connectivity index (χ3n) is 3.49. The molecule has 0 aliphatic heterocycles. The highest BCUT2D eigenvalue weighted by molar-refractivity contribution is 7.92. The number of carbonyl (C=O) groups is 1. The van der Waals surface area contributed by atoms with E-state index in [0.717, 1.165) is 10.6 Å². The largest absolute Gasteiger partial charge is 0.504 e. The molecule has 0 unspecified atom stereocenters. The van der Waals surface area contributed by atoms with Gasteiger partial charge in [-0.25, -0.2) is 13.8 Å². The van der Waals surface area contributed by atoms with E-state index in [1.807, 2.05) is 0 Å². The Morgan fingerprint density at radius 2 is 2.04 bits per heavy atom. The Bertz CT molecular complexity index is 1010. The van der Waals surface area contributed by atoms with Crippen molar-refractivity contribution in [3.05, 3.63) is 52.0 Å². The molecule has 0 saturated carbocycles. The molecule has 0 fully saturated rings. The van der Waals surface area contributed by atoms with E-state index in [0.29, 0.717) is 5.56 Å². The van der Waals surface area contributed by atoms with Crippen LogP contribution in [0.5, 0.6) is 11.5 Å². The van der Waals surface area contributed by atoms with E-state index in [4.69, 9.17) is 27.9 Å². The Balaban J connectivity index is 2.13. The SMILES string of the molecule is COc1cc(/C=N\NC(=O)CN(c2cccc(Cl)c2Cl)S(C)(=O)=O)ccc1O. The van der Waals surface area contributed by atoms with Crippen LogP contribution in [0.1, 0.15) is 5.56 Å². The number of ether oxygens (including phenoxy) is 1. The van der Waals surface area contributed by atoms with Gasteiger partial charge in [0.1, 0.15) is 6.54 Å². The lowest BCUT2D eigenvalue weighted by molar-refractivity contribution is -0.119. The Morgan fingerprint density at radius 1 is 1.32 bits per heavy atom. The minimum Gasteiger partial charge on any atom is -0.504 e. The molecule has 150 valence electrons. The van der Waals surface area contributed by atoms with Crippen LogP contribution in [0.25, 0.3) is 0 Å². The quantitative estimate of drug-likeness (QED) is 0.502. The van der Waals surface area contributed by atoms with Crippen LogP contribution < -0.4 is 14.5 Å². The fourth-order valence-corrected chi connectivity index (χ4v) is 3.49. The second-order valence-corrected chi connectivity index (χ2v) is 8.26. The van der Waals surface area contributed by atoms with Gasteiger partial charge in [-0.3, -0.25) is 9.10 Å². The fraction of sp³-hybridized carbons (Fsp3) is 0.176. The smallest absolute Gasteiger partial charge is 0.260 e. The number of phenols is 1. The van der Waals surface area contributed by atoms with Crippen LogP contribution in [0, 0.1) is 0 Å². The number of hydrogen-bond acceptors (Lipinski definition) is 6. The summed E-state index contributed by atoms with van der Waals surface area (Å²) in [5.41, 5.74) is 2.87. The van der Waals surface area contributed by atoms with Crippen LogP contribution in [0.15, 0.2) is 41.5 Å². The summed E-state index contributed by atoms with van der Waals surface area (Å²) in [4.78, 5) is 12.2. The molecule has 0 bridgehead atoms. The maximum absolute atomic E-state index is 12.2. The summed E-state index contributed by atoms with van der Waals surface area (Å²) in [5.74, 6) is -0.483. The standard InChI is InChI=1S/C17H17Cl2N3O5S/c1-27-15-8-11(6-7-14(15)23)9-20-21-16(24)10-22(28(2,25)26)13-5-3-4-12(18)17(13)19/h3-9,23H,10H2,1-2H3,(H,21,24)/b20-9-. The van der Waals surface area contributed by atoms with Crippen LogP contribution in [-0.4, -0.2) is 45.6 Å². The summed E-state index contributed by atoms with van der Waals surface area (Å²) in [6.45, 7) is -0.546. The zero-order valence-corrected chi connectivity index (χ0v) is 17.2. The number of hydrazone groups is 1. The average molecular weight is 446 g/mol. The normalized spacial score (nSPS) is 11.4. The lowest BCUT2D eigenvalue weighted by atomic mass is 10.2. The van der Waals surface area contributed by atoms with E-state index in [1.165, 1.54) is 43.7 Å². The van der Waals surface area contributed by atoms with Gasteiger partial charge in [0.2, 0.25) is 10.0 Å². The number of nitrogens with zero attached hydrogens (tertiary/aromatic N) is 2. The zero-order chi connectivity index (χ0) is 20.9.